The van der Waals surface area contributed by atoms with E-state index in [1.54, 1.807) is 6.08 Å². The molecule has 0 aromatic carbocycles. The third-order valence-corrected chi connectivity index (χ3v) is 2.42. The van der Waals surface area contributed by atoms with Crippen LogP contribution in [0.5, 0.6) is 0 Å². The van der Waals surface area contributed by atoms with Crippen molar-refractivity contribution >= 4 is 5.97 Å². The van der Waals surface area contributed by atoms with Crippen LogP contribution in [0.4, 0.5) is 0 Å². The van der Waals surface area contributed by atoms with Crippen molar-refractivity contribution in [3.05, 3.63) is 12.7 Å². The van der Waals surface area contributed by atoms with Crippen LogP contribution >= 0.6 is 0 Å². The third kappa shape index (κ3) is 9.51. The predicted molar refractivity (Wildman–Crippen MR) is 63.7 cm³/mol. The zero-order valence-corrected chi connectivity index (χ0v) is 10.1. The van der Waals surface area contributed by atoms with E-state index in [0.29, 0.717) is 0 Å². The largest absolute Gasteiger partial charge is 0.458 e. The van der Waals surface area contributed by atoms with Gasteiger partial charge in [-0.1, -0.05) is 51.7 Å². The molecule has 0 radical (unpaired) electrons. The number of unbranched alkanes of at least 4 members (excludes halogenated alkanes) is 5. The van der Waals surface area contributed by atoms with Gasteiger partial charge in [-0.3, -0.25) is 4.79 Å². The van der Waals surface area contributed by atoms with Gasteiger partial charge >= 0.3 is 5.97 Å². The molecule has 2 heteroatoms. The van der Waals surface area contributed by atoms with Crippen molar-refractivity contribution in [3.63, 3.8) is 0 Å². The summed E-state index contributed by atoms with van der Waals surface area (Å²) in [5, 5.41) is 0. The minimum absolute atomic E-state index is 0.0892. The first-order valence-electron chi connectivity index (χ1n) is 6.00. The van der Waals surface area contributed by atoms with E-state index >= 15 is 0 Å². The average molecular weight is 212 g/mol. The van der Waals surface area contributed by atoms with Gasteiger partial charge in [0.1, 0.15) is 6.10 Å². The number of carbonyl (C=O) groups excluding carboxylic acids is 1. The van der Waals surface area contributed by atoms with Crippen LogP contribution in [0.1, 0.15) is 58.8 Å². The number of rotatable bonds is 9. The Kier molecular flexibility index (Phi) is 9.24. The molecule has 0 amide bonds. The summed E-state index contributed by atoms with van der Waals surface area (Å²) in [6.07, 6.45) is 10.1. The monoisotopic (exact) mass is 212 g/mol. The van der Waals surface area contributed by atoms with Gasteiger partial charge in [-0.05, 0) is 12.8 Å². The van der Waals surface area contributed by atoms with E-state index < -0.39 is 0 Å². The van der Waals surface area contributed by atoms with E-state index in [1.807, 2.05) is 0 Å². The maximum Gasteiger partial charge on any atom is 0.303 e. The molecular weight excluding hydrogens is 188 g/mol. The maximum atomic E-state index is 10.7. The molecule has 0 aliphatic heterocycles. The highest BCUT2D eigenvalue weighted by molar-refractivity contribution is 5.66. The molecule has 0 bridgehead atoms. The molecule has 0 unspecified atom stereocenters. The summed E-state index contributed by atoms with van der Waals surface area (Å²) in [6.45, 7) is 7.32. The lowest BCUT2D eigenvalue weighted by molar-refractivity contribution is -0.144. The first kappa shape index (κ1) is 14.2. The molecule has 2 nitrogen and oxygen atoms in total. The smallest absolute Gasteiger partial charge is 0.303 e. The highest BCUT2D eigenvalue weighted by atomic mass is 16.5. The van der Waals surface area contributed by atoms with E-state index in [0.717, 1.165) is 12.8 Å². The van der Waals surface area contributed by atoms with Crippen LogP contribution in [-0.4, -0.2) is 12.1 Å². The van der Waals surface area contributed by atoms with Crippen molar-refractivity contribution in [2.45, 2.75) is 64.9 Å². The minimum Gasteiger partial charge on any atom is -0.458 e. The van der Waals surface area contributed by atoms with E-state index in [1.165, 1.54) is 39.0 Å². The average Bonchev–Trinajstić information content (AvgIpc) is 2.20. The highest BCUT2D eigenvalue weighted by Gasteiger charge is 2.06. The number of hydrogen-bond acceptors (Lipinski definition) is 2. The fraction of sp³-hybridized carbons (Fsp3) is 0.769. The van der Waals surface area contributed by atoms with E-state index in [9.17, 15) is 4.79 Å². The predicted octanol–water partition coefficient (Wildman–Crippen LogP) is 3.85. The molecule has 0 saturated heterocycles. The van der Waals surface area contributed by atoms with Crippen molar-refractivity contribution in [1.29, 1.82) is 0 Å². The van der Waals surface area contributed by atoms with Crippen molar-refractivity contribution in [1.82, 2.24) is 0 Å². The van der Waals surface area contributed by atoms with Crippen molar-refractivity contribution < 1.29 is 9.53 Å². The SMILES string of the molecule is C=C[C@@H](CCCCCCCC)OC(C)=O. The van der Waals surface area contributed by atoms with E-state index in [2.05, 4.69) is 13.5 Å². The summed E-state index contributed by atoms with van der Waals surface area (Å²) < 4.78 is 5.07. The molecule has 0 aromatic rings. The van der Waals surface area contributed by atoms with Gasteiger partial charge in [0, 0.05) is 6.92 Å². The molecule has 0 saturated carbocycles. The molecule has 88 valence electrons. The molecule has 0 aliphatic rings. The Balaban J connectivity index is 3.38. The second kappa shape index (κ2) is 9.75. The van der Waals surface area contributed by atoms with Crippen LogP contribution in [0, 0.1) is 0 Å². The van der Waals surface area contributed by atoms with Crippen molar-refractivity contribution in [3.8, 4) is 0 Å². The lowest BCUT2D eigenvalue weighted by Gasteiger charge is -2.12. The molecule has 0 rings (SSSR count). The van der Waals surface area contributed by atoms with Gasteiger partial charge in [0.05, 0.1) is 0 Å². The summed E-state index contributed by atoms with van der Waals surface area (Å²) >= 11 is 0. The first-order chi connectivity index (χ1) is 7.20. The van der Waals surface area contributed by atoms with E-state index in [4.69, 9.17) is 4.74 Å². The van der Waals surface area contributed by atoms with Crippen molar-refractivity contribution in [2.75, 3.05) is 0 Å². The van der Waals surface area contributed by atoms with Crippen LogP contribution < -0.4 is 0 Å². The molecule has 0 N–H and O–H groups in total. The van der Waals surface area contributed by atoms with E-state index in [-0.39, 0.29) is 12.1 Å². The fourth-order valence-electron chi connectivity index (χ4n) is 1.56. The Hall–Kier alpha value is -0.790. The van der Waals surface area contributed by atoms with Crippen LogP contribution in [0.3, 0.4) is 0 Å². The van der Waals surface area contributed by atoms with Crippen LogP contribution in [0.15, 0.2) is 12.7 Å². The topological polar surface area (TPSA) is 26.3 Å². The Morgan fingerprint density at radius 2 is 1.87 bits per heavy atom. The van der Waals surface area contributed by atoms with Gasteiger partial charge in [-0.25, -0.2) is 0 Å². The lowest BCUT2D eigenvalue weighted by Crippen LogP contribution is -2.13. The summed E-state index contributed by atoms with van der Waals surface area (Å²) in [5.74, 6) is -0.217. The second-order valence-electron chi connectivity index (χ2n) is 3.94. The highest BCUT2D eigenvalue weighted by Crippen LogP contribution is 2.11. The Morgan fingerprint density at radius 3 is 2.40 bits per heavy atom. The Labute approximate surface area is 93.7 Å². The van der Waals surface area contributed by atoms with Gasteiger partial charge in [0.25, 0.3) is 0 Å². The molecule has 1 atom stereocenters. The normalized spacial score (nSPS) is 12.1. The number of ether oxygens (including phenoxy) is 1. The number of esters is 1. The molecule has 15 heavy (non-hydrogen) atoms. The number of hydrogen-bond donors (Lipinski definition) is 0. The zero-order valence-electron chi connectivity index (χ0n) is 10.1. The molecule has 0 fully saturated rings. The Morgan fingerprint density at radius 1 is 1.27 bits per heavy atom. The molecular formula is C13H24O2. The lowest BCUT2D eigenvalue weighted by atomic mass is 10.1. The standard InChI is InChI=1S/C13H24O2/c1-4-6-7-8-9-10-11-13(5-2)15-12(3)14/h5,13H,2,4,6-11H2,1,3H3/t13-/m0/s1. The summed E-state index contributed by atoms with van der Waals surface area (Å²) in [6, 6.07) is 0. The molecule has 0 spiro atoms. The quantitative estimate of drug-likeness (QED) is 0.329. The van der Waals surface area contributed by atoms with Gasteiger partial charge in [-0.2, -0.15) is 0 Å². The summed E-state index contributed by atoms with van der Waals surface area (Å²) in [5.41, 5.74) is 0. The maximum absolute atomic E-state index is 10.7. The van der Waals surface area contributed by atoms with Crippen LogP contribution in [0.2, 0.25) is 0 Å². The van der Waals surface area contributed by atoms with Crippen molar-refractivity contribution in [2.24, 2.45) is 0 Å². The molecule has 0 heterocycles. The van der Waals surface area contributed by atoms with Gasteiger partial charge < -0.3 is 4.74 Å². The van der Waals surface area contributed by atoms with Crippen LogP contribution in [0.25, 0.3) is 0 Å². The third-order valence-electron chi connectivity index (χ3n) is 2.42. The molecule has 0 aliphatic carbocycles. The van der Waals surface area contributed by atoms with Gasteiger partial charge in [-0.15, -0.1) is 0 Å². The Bertz CT molecular complexity index is 175. The summed E-state index contributed by atoms with van der Waals surface area (Å²) in [7, 11) is 0. The summed E-state index contributed by atoms with van der Waals surface area (Å²) in [4.78, 5) is 10.7. The van der Waals surface area contributed by atoms with Crippen LogP contribution in [-0.2, 0) is 9.53 Å². The first-order valence-corrected chi connectivity index (χ1v) is 6.00. The fourth-order valence-corrected chi connectivity index (χ4v) is 1.56. The minimum atomic E-state index is -0.217. The molecule has 0 aromatic heterocycles. The van der Waals surface area contributed by atoms with Gasteiger partial charge in [0.2, 0.25) is 0 Å². The second-order valence-corrected chi connectivity index (χ2v) is 3.94. The number of carbonyl (C=O) groups is 1. The van der Waals surface area contributed by atoms with Gasteiger partial charge in [0.15, 0.2) is 0 Å². The zero-order chi connectivity index (χ0) is 11.5.